The van der Waals surface area contributed by atoms with Gasteiger partial charge in [-0.15, -0.1) is 0 Å². The number of hydrogen-bond donors (Lipinski definition) is 2. The molecule has 2 N–H and O–H groups in total. The Morgan fingerprint density at radius 2 is 1.96 bits per heavy atom. The van der Waals surface area contributed by atoms with Crippen LogP contribution in [0.5, 0.6) is 11.5 Å². The molecular formula is C20H25N3O5. The topological polar surface area (TPSA) is 105 Å². The Morgan fingerprint density at radius 3 is 2.61 bits per heavy atom. The summed E-state index contributed by atoms with van der Waals surface area (Å²) in [5.41, 5.74) is 0.286. The van der Waals surface area contributed by atoms with Crippen LogP contribution in [0, 0.1) is 11.8 Å². The van der Waals surface area contributed by atoms with Gasteiger partial charge in [0.1, 0.15) is 0 Å². The number of aromatic amines is 1. The Kier molecular flexibility index (Phi) is 4.87. The molecule has 28 heavy (non-hydrogen) atoms. The van der Waals surface area contributed by atoms with E-state index in [1.165, 1.54) is 20.0 Å². The van der Waals surface area contributed by atoms with Gasteiger partial charge >= 0.3 is 5.97 Å². The Hall–Kier alpha value is -2.77. The smallest absolute Gasteiger partial charge is 0.306 e. The van der Waals surface area contributed by atoms with E-state index in [1.54, 1.807) is 19.2 Å². The summed E-state index contributed by atoms with van der Waals surface area (Å²) in [7, 11) is 3.06. The molecule has 150 valence electrons. The molecule has 2 unspecified atom stereocenters. The van der Waals surface area contributed by atoms with E-state index in [4.69, 9.17) is 9.47 Å². The minimum atomic E-state index is -0.739. The lowest BCUT2D eigenvalue weighted by Gasteiger charge is -2.38. The molecule has 1 aliphatic heterocycles. The largest absolute Gasteiger partial charge is 0.493 e. The van der Waals surface area contributed by atoms with Crippen molar-refractivity contribution in [2.75, 3.05) is 25.7 Å². The van der Waals surface area contributed by atoms with Crippen molar-refractivity contribution in [3.8, 4) is 11.5 Å². The van der Waals surface area contributed by atoms with Crippen LogP contribution in [0.3, 0.4) is 0 Å². The van der Waals surface area contributed by atoms with Crippen molar-refractivity contribution in [3.63, 3.8) is 0 Å². The molecule has 4 rings (SSSR count). The van der Waals surface area contributed by atoms with E-state index in [1.807, 2.05) is 0 Å². The minimum absolute atomic E-state index is 0.0723. The van der Waals surface area contributed by atoms with E-state index in [0.717, 1.165) is 6.42 Å². The molecule has 2 heterocycles. The third-order valence-electron chi connectivity index (χ3n) is 5.84. The van der Waals surface area contributed by atoms with Gasteiger partial charge in [-0.2, -0.15) is 0 Å². The van der Waals surface area contributed by atoms with Crippen LogP contribution in [-0.2, 0) is 4.79 Å². The van der Waals surface area contributed by atoms with E-state index < -0.39 is 5.97 Å². The number of benzene rings is 1. The Balaban J connectivity index is 1.72. The Morgan fingerprint density at radius 1 is 1.25 bits per heavy atom. The number of carboxylic acid groups (broad SMARTS) is 1. The summed E-state index contributed by atoms with van der Waals surface area (Å²) in [5, 5.41) is 9.87. The summed E-state index contributed by atoms with van der Waals surface area (Å²) in [4.78, 5) is 33.8. The third kappa shape index (κ3) is 3.50. The van der Waals surface area contributed by atoms with Crippen LogP contribution in [-0.4, -0.2) is 47.8 Å². The molecule has 1 aromatic carbocycles. The number of methoxy groups -OCH3 is 2. The molecule has 0 radical (unpaired) electrons. The number of piperidine rings is 1. The fraction of sp³-hybridized carbons (Fsp3) is 0.550. The fourth-order valence-corrected chi connectivity index (χ4v) is 4.11. The predicted molar refractivity (Wildman–Crippen MR) is 104 cm³/mol. The molecule has 1 saturated heterocycles. The zero-order valence-electron chi connectivity index (χ0n) is 16.1. The van der Waals surface area contributed by atoms with Gasteiger partial charge in [0, 0.05) is 18.7 Å². The van der Waals surface area contributed by atoms with Crippen LogP contribution in [0.15, 0.2) is 16.9 Å². The molecule has 2 aromatic rings. The van der Waals surface area contributed by atoms with E-state index in [-0.39, 0.29) is 17.5 Å². The monoisotopic (exact) mass is 387 g/mol. The highest BCUT2D eigenvalue weighted by Gasteiger charge is 2.37. The van der Waals surface area contributed by atoms with Gasteiger partial charge in [0.25, 0.3) is 5.56 Å². The molecule has 8 heteroatoms. The van der Waals surface area contributed by atoms with Crippen LogP contribution in [0.1, 0.15) is 32.1 Å². The summed E-state index contributed by atoms with van der Waals surface area (Å²) in [5.74, 6) is 1.06. The molecule has 2 atom stereocenters. The maximum Gasteiger partial charge on any atom is 0.306 e. The van der Waals surface area contributed by atoms with Crippen LogP contribution in [0.25, 0.3) is 10.9 Å². The minimum Gasteiger partial charge on any atom is -0.493 e. The first kappa shape index (κ1) is 18.6. The standard InChI is InChI=1S/C20H25N3O5/c1-27-16-9-14-15(10-17(16)28-2)21-20(22-18(14)24)23-6-5-12(19(25)26)8-13(23)7-11-3-4-11/h9-13H,3-8H2,1-2H3,(H,25,26)(H,21,22,24). The number of aromatic nitrogens is 2. The quantitative estimate of drug-likeness (QED) is 0.784. The number of nitrogens with one attached hydrogen (secondary N) is 1. The van der Waals surface area contributed by atoms with Gasteiger partial charge in [0.2, 0.25) is 5.95 Å². The van der Waals surface area contributed by atoms with Crippen molar-refractivity contribution < 1.29 is 19.4 Å². The molecule has 0 amide bonds. The predicted octanol–water partition coefficient (Wildman–Crippen LogP) is 2.41. The van der Waals surface area contributed by atoms with Gasteiger partial charge in [-0.05, 0) is 31.2 Å². The van der Waals surface area contributed by atoms with Crippen LogP contribution in [0.4, 0.5) is 5.95 Å². The molecule has 2 fully saturated rings. The molecule has 2 aliphatic rings. The van der Waals surface area contributed by atoms with Crippen molar-refractivity contribution in [2.45, 2.75) is 38.1 Å². The molecule has 1 aromatic heterocycles. The van der Waals surface area contributed by atoms with Crippen LogP contribution < -0.4 is 19.9 Å². The van der Waals surface area contributed by atoms with Crippen molar-refractivity contribution in [2.24, 2.45) is 11.8 Å². The normalized spacial score (nSPS) is 22.3. The third-order valence-corrected chi connectivity index (χ3v) is 5.84. The summed E-state index contributed by atoms with van der Waals surface area (Å²) in [6.45, 7) is 0.566. The number of fused-ring (bicyclic) bond motifs is 1. The number of carbonyl (C=O) groups is 1. The summed E-state index contributed by atoms with van der Waals surface area (Å²) in [6, 6.07) is 3.40. The molecular weight excluding hydrogens is 362 g/mol. The number of carboxylic acids is 1. The highest BCUT2D eigenvalue weighted by atomic mass is 16.5. The SMILES string of the molecule is COc1cc2nc(N3CCC(C(=O)O)CC3CC3CC3)[nH]c(=O)c2cc1OC. The second kappa shape index (κ2) is 7.33. The van der Waals surface area contributed by atoms with Gasteiger partial charge < -0.3 is 19.5 Å². The lowest BCUT2D eigenvalue weighted by Crippen LogP contribution is -2.46. The summed E-state index contributed by atoms with van der Waals surface area (Å²) < 4.78 is 10.6. The second-order valence-corrected chi connectivity index (χ2v) is 7.70. The molecule has 0 bridgehead atoms. The average Bonchev–Trinajstić information content (AvgIpc) is 3.50. The first-order valence-corrected chi connectivity index (χ1v) is 9.65. The van der Waals surface area contributed by atoms with Gasteiger partial charge in [0.15, 0.2) is 11.5 Å². The molecule has 8 nitrogen and oxygen atoms in total. The molecule has 1 saturated carbocycles. The zero-order chi connectivity index (χ0) is 19.8. The number of hydrogen-bond acceptors (Lipinski definition) is 6. The van der Waals surface area contributed by atoms with Gasteiger partial charge in [-0.3, -0.25) is 14.6 Å². The van der Waals surface area contributed by atoms with Gasteiger partial charge in [0.05, 0.1) is 31.0 Å². The van der Waals surface area contributed by atoms with E-state index in [0.29, 0.717) is 53.7 Å². The maximum atomic E-state index is 12.7. The second-order valence-electron chi connectivity index (χ2n) is 7.70. The number of anilines is 1. The maximum absolute atomic E-state index is 12.7. The number of aliphatic carboxylic acids is 1. The number of nitrogens with zero attached hydrogens (tertiary/aromatic N) is 2. The first-order valence-electron chi connectivity index (χ1n) is 9.65. The van der Waals surface area contributed by atoms with Crippen LogP contribution in [0.2, 0.25) is 0 Å². The van der Waals surface area contributed by atoms with Gasteiger partial charge in [-0.1, -0.05) is 12.8 Å². The van der Waals surface area contributed by atoms with Crippen molar-refractivity contribution in [3.05, 3.63) is 22.5 Å². The highest BCUT2D eigenvalue weighted by Crippen LogP contribution is 2.39. The molecule has 1 aliphatic carbocycles. The summed E-state index contributed by atoms with van der Waals surface area (Å²) in [6.07, 6.45) is 4.46. The van der Waals surface area contributed by atoms with E-state index in [2.05, 4.69) is 14.9 Å². The number of ether oxygens (including phenoxy) is 2. The number of rotatable bonds is 6. The Bertz CT molecular complexity index is 953. The fourth-order valence-electron chi connectivity index (χ4n) is 4.11. The van der Waals surface area contributed by atoms with E-state index in [9.17, 15) is 14.7 Å². The van der Waals surface area contributed by atoms with Crippen molar-refractivity contribution in [1.29, 1.82) is 0 Å². The zero-order valence-corrected chi connectivity index (χ0v) is 16.1. The highest BCUT2D eigenvalue weighted by molar-refractivity contribution is 5.82. The van der Waals surface area contributed by atoms with Crippen molar-refractivity contribution in [1.82, 2.24) is 9.97 Å². The lowest BCUT2D eigenvalue weighted by molar-refractivity contribution is -0.142. The summed E-state index contributed by atoms with van der Waals surface area (Å²) >= 11 is 0. The number of H-pyrrole nitrogens is 1. The van der Waals surface area contributed by atoms with Gasteiger partial charge in [-0.25, -0.2) is 4.98 Å². The first-order chi connectivity index (χ1) is 13.5. The molecule has 0 spiro atoms. The van der Waals surface area contributed by atoms with Crippen molar-refractivity contribution >= 4 is 22.8 Å². The Labute approximate surface area is 162 Å². The lowest BCUT2D eigenvalue weighted by atomic mass is 9.88. The van der Waals surface area contributed by atoms with E-state index >= 15 is 0 Å². The van der Waals surface area contributed by atoms with Crippen LogP contribution >= 0.6 is 0 Å². The average molecular weight is 387 g/mol.